The van der Waals surface area contributed by atoms with Gasteiger partial charge in [-0.25, -0.2) is 0 Å². The lowest BCUT2D eigenvalue weighted by atomic mass is 9.66. The molecule has 1 aliphatic carbocycles. The van der Waals surface area contributed by atoms with Crippen LogP contribution in [0.2, 0.25) is 0 Å². The molecule has 2 aromatic rings. The van der Waals surface area contributed by atoms with E-state index in [2.05, 4.69) is 65.7 Å². The highest BCUT2D eigenvalue weighted by Crippen LogP contribution is 2.52. The Balaban J connectivity index is 1.48. The highest BCUT2D eigenvalue weighted by Gasteiger charge is 2.50. The average Bonchev–Trinajstić information content (AvgIpc) is 3.26. The maximum atomic E-state index is 12.7. The van der Waals surface area contributed by atoms with Crippen LogP contribution in [0.3, 0.4) is 0 Å². The first kappa shape index (κ1) is 17.7. The van der Waals surface area contributed by atoms with Crippen LogP contribution in [-0.4, -0.2) is 36.3 Å². The number of hydrogen-bond acceptors (Lipinski definition) is 3. The Morgan fingerprint density at radius 2 is 1.77 bits per heavy atom. The maximum Gasteiger partial charge on any atom is 0.223 e. The molecule has 26 heavy (non-hydrogen) atoms. The molecule has 1 saturated carbocycles. The molecule has 1 saturated heterocycles. The van der Waals surface area contributed by atoms with Gasteiger partial charge in [-0.05, 0) is 62.2 Å². The minimum absolute atomic E-state index is 0.148. The predicted molar refractivity (Wildman–Crippen MR) is 107 cm³/mol. The van der Waals surface area contributed by atoms with Gasteiger partial charge in [0.1, 0.15) is 0 Å². The van der Waals surface area contributed by atoms with E-state index in [1.807, 2.05) is 17.4 Å². The molecule has 1 aliphatic heterocycles. The van der Waals surface area contributed by atoms with Gasteiger partial charge < -0.3 is 4.90 Å². The Labute approximate surface area is 160 Å². The van der Waals surface area contributed by atoms with E-state index < -0.39 is 0 Å². The monoisotopic (exact) mass is 368 g/mol. The summed E-state index contributed by atoms with van der Waals surface area (Å²) >= 11 is 1.87. The lowest BCUT2D eigenvalue weighted by Crippen LogP contribution is -2.47. The van der Waals surface area contributed by atoms with Crippen molar-refractivity contribution >= 4 is 17.2 Å². The van der Waals surface area contributed by atoms with Crippen molar-refractivity contribution in [2.24, 2.45) is 5.41 Å². The molecule has 1 aromatic carbocycles. The lowest BCUT2D eigenvalue weighted by molar-refractivity contribution is -0.128. The van der Waals surface area contributed by atoms with Crippen LogP contribution < -0.4 is 0 Å². The van der Waals surface area contributed by atoms with Crippen molar-refractivity contribution in [1.29, 1.82) is 0 Å². The topological polar surface area (TPSA) is 23.6 Å². The van der Waals surface area contributed by atoms with Gasteiger partial charge in [0.15, 0.2) is 0 Å². The second kappa shape index (κ2) is 6.82. The molecule has 1 aromatic heterocycles. The number of carbonyl (C=O) groups excluding carboxylic acids is 1. The molecule has 0 N–H and O–H groups in total. The van der Waals surface area contributed by atoms with E-state index >= 15 is 0 Å². The summed E-state index contributed by atoms with van der Waals surface area (Å²) in [5.41, 5.74) is 1.56. The summed E-state index contributed by atoms with van der Waals surface area (Å²) < 4.78 is 0. The fourth-order valence-corrected chi connectivity index (χ4v) is 5.98. The molecular formula is C22H28N2OS. The van der Waals surface area contributed by atoms with E-state index in [-0.39, 0.29) is 11.0 Å². The van der Waals surface area contributed by atoms with Gasteiger partial charge in [0.25, 0.3) is 0 Å². The zero-order valence-corrected chi connectivity index (χ0v) is 16.6. The smallest absolute Gasteiger partial charge is 0.223 e. The second-order valence-electron chi connectivity index (χ2n) is 8.32. The molecule has 2 heterocycles. The maximum absolute atomic E-state index is 12.7. The fourth-order valence-electron chi connectivity index (χ4n) is 4.92. The molecule has 0 unspecified atom stereocenters. The summed E-state index contributed by atoms with van der Waals surface area (Å²) in [6.07, 6.45) is 5.30. The van der Waals surface area contributed by atoms with E-state index in [0.717, 1.165) is 45.2 Å². The van der Waals surface area contributed by atoms with Crippen molar-refractivity contribution in [3.05, 3.63) is 58.3 Å². The molecular weight excluding hydrogens is 340 g/mol. The zero-order chi connectivity index (χ0) is 18.2. The first-order chi connectivity index (χ1) is 12.5. The van der Waals surface area contributed by atoms with Crippen LogP contribution in [0, 0.1) is 5.41 Å². The third-order valence-electron chi connectivity index (χ3n) is 6.60. The van der Waals surface area contributed by atoms with Crippen molar-refractivity contribution in [1.82, 2.24) is 9.80 Å². The Hall–Kier alpha value is -1.65. The van der Waals surface area contributed by atoms with Crippen LogP contribution in [0.15, 0.2) is 47.8 Å². The van der Waals surface area contributed by atoms with Gasteiger partial charge in [-0.2, -0.15) is 0 Å². The molecule has 1 spiro atoms. The predicted octanol–water partition coefficient (Wildman–Crippen LogP) is 4.50. The van der Waals surface area contributed by atoms with Crippen molar-refractivity contribution in [3.63, 3.8) is 0 Å². The van der Waals surface area contributed by atoms with Gasteiger partial charge in [-0.1, -0.05) is 36.4 Å². The normalized spacial score (nSPS) is 29.0. The van der Waals surface area contributed by atoms with Crippen LogP contribution in [0.25, 0.3) is 0 Å². The first-order valence-electron chi connectivity index (χ1n) is 9.56. The fraction of sp³-hybridized carbons (Fsp3) is 0.500. The number of rotatable bonds is 4. The summed E-state index contributed by atoms with van der Waals surface area (Å²) in [7, 11) is 4.42. The third kappa shape index (κ3) is 3.10. The van der Waals surface area contributed by atoms with Crippen LogP contribution in [0.1, 0.15) is 42.5 Å². The van der Waals surface area contributed by atoms with Crippen molar-refractivity contribution in [2.45, 2.75) is 44.2 Å². The average molecular weight is 369 g/mol. The summed E-state index contributed by atoms with van der Waals surface area (Å²) in [4.78, 5) is 18.7. The molecule has 3 nitrogen and oxygen atoms in total. The van der Waals surface area contributed by atoms with Crippen LogP contribution in [0.5, 0.6) is 0 Å². The number of amides is 1. The summed E-state index contributed by atoms with van der Waals surface area (Å²) in [6, 6.07) is 14.8. The van der Waals surface area contributed by atoms with E-state index in [1.165, 1.54) is 10.4 Å². The van der Waals surface area contributed by atoms with Crippen molar-refractivity contribution < 1.29 is 4.79 Å². The van der Waals surface area contributed by atoms with E-state index in [0.29, 0.717) is 5.91 Å². The minimum Gasteiger partial charge on any atom is -0.338 e. The Bertz CT molecular complexity index is 746. The van der Waals surface area contributed by atoms with Crippen molar-refractivity contribution in [3.8, 4) is 0 Å². The molecule has 2 fully saturated rings. The van der Waals surface area contributed by atoms with Gasteiger partial charge in [-0.15, -0.1) is 11.3 Å². The van der Waals surface area contributed by atoms with Crippen LogP contribution in [0.4, 0.5) is 0 Å². The van der Waals surface area contributed by atoms with E-state index in [4.69, 9.17) is 0 Å². The minimum atomic E-state index is 0.148. The summed E-state index contributed by atoms with van der Waals surface area (Å²) in [5, 5.41) is 2.19. The molecule has 0 atom stereocenters. The van der Waals surface area contributed by atoms with E-state index in [9.17, 15) is 4.79 Å². The Morgan fingerprint density at radius 1 is 1.04 bits per heavy atom. The lowest BCUT2D eigenvalue weighted by Gasteiger charge is -2.48. The number of nitrogens with zero attached hydrogens (tertiary/aromatic N) is 2. The molecule has 4 heteroatoms. The largest absolute Gasteiger partial charge is 0.338 e. The third-order valence-corrected chi connectivity index (χ3v) is 7.66. The number of likely N-dealkylation sites (tertiary alicyclic amines) is 1. The molecule has 138 valence electrons. The molecule has 0 radical (unpaired) electrons. The van der Waals surface area contributed by atoms with Gasteiger partial charge >= 0.3 is 0 Å². The highest BCUT2D eigenvalue weighted by molar-refractivity contribution is 7.10. The molecule has 4 rings (SSSR count). The standard InChI is InChI=1S/C22H28N2OS/c1-23(2)22(19-9-6-14-26-19)12-10-21(11-13-22)15-20(25)24(17-21)16-18-7-4-3-5-8-18/h3-9,14H,10-13,15-17H2,1-2H3. The summed E-state index contributed by atoms with van der Waals surface area (Å²) in [6.45, 7) is 1.68. The quantitative estimate of drug-likeness (QED) is 0.793. The number of hydrogen-bond donors (Lipinski definition) is 0. The molecule has 0 bridgehead atoms. The number of thiophene rings is 1. The summed E-state index contributed by atoms with van der Waals surface area (Å²) in [5.74, 6) is 0.335. The van der Waals surface area contributed by atoms with Crippen molar-refractivity contribution in [2.75, 3.05) is 20.6 Å². The van der Waals surface area contributed by atoms with Gasteiger partial charge in [0.05, 0.1) is 5.54 Å². The second-order valence-corrected chi connectivity index (χ2v) is 9.26. The highest BCUT2D eigenvalue weighted by atomic mass is 32.1. The van der Waals surface area contributed by atoms with Gasteiger partial charge in [-0.3, -0.25) is 9.69 Å². The number of benzene rings is 1. The Morgan fingerprint density at radius 3 is 2.38 bits per heavy atom. The van der Waals surface area contributed by atoms with Gasteiger partial charge in [0.2, 0.25) is 5.91 Å². The number of carbonyl (C=O) groups is 1. The van der Waals surface area contributed by atoms with E-state index in [1.54, 1.807) is 0 Å². The van der Waals surface area contributed by atoms with Crippen LogP contribution >= 0.6 is 11.3 Å². The molecule has 1 amide bonds. The zero-order valence-electron chi connectivity index (χ0n) is 15.8. The molecule has 2 aliphatic rings. The SMILES string of the molecule is CN(C)C1(c2cccs2)CCC2(CC1)CC(=O)N(Cc1ccccc1)C2. The Kier molecular flexibility index (Phi) is 4.66. The van der Waals surface area contributed by atoms with Crippen LogP contribution in [-0.2, 0) is 16.9 Å². The first-order valence-corrected chi connectivity index (χ1v) is 10.4. The van der Waals surface area contributed by atoms with Gasteiger partial charge in [0, 0.05) is 24.4 Å².